The summed E-state index contributed by atoms with van der Waals surface area (Å²) in [5.74, 6) is 0. The summed E-state index contributed by atoms with van der Waals surface area (Å²) in [7, 11) is 0. The SMILES string of the molecule is CCP1(O)(c2ccccc2)c2ccccc2-c2ccccc21. The molecule has 3 aromatic rings. The molecule has 3 aromatic carbocycles. The van der Waals surface area contributed by atoms with Crippen molar-refractivity contribution >= 4 is 22.7 Å². The van der Waals surface area contributed by atoms with Gasteiger partial charge in [0.05, 0.1) is 0 Å². The minimum atomic E-state index is -3.33. The van der Waals surface area contributed by atoms with Crippen molar-refractivity contribution in [1.82, 2.24) is 0 Å². The Labute approximate surface area is 131 Å². The molecule has 0 amide bonds. The van der Waals surface area contributed by atoms with Crippen molar-refractivity contribution in [3.8, 4) is 11.1 Å². The second-order valence-corrected chi connectivity index (χ2v) is 10.6. The summed E-state index contributed by atoms with van der Waals surface area (Å²) in [6.07, 6.45) is 0.726. The predicted molar refractivity (Wildman–Crippen MR) is 96.9 cm³/mol. The molecule has 110 valence electrons. The average molecular weight is 306 g/mol. The van der Waals surface area contributed by atoms with E-state index in [1.165, 1.54) is 11.1 Å². The molecule has 0 aromatic heterocycles. The van der Waals surface area contributed by atoms with Crippen molar-refractivity contribution in [1.29, 1.82) is 0 Å². The molecule has 4 rings (SSSR count). The van der Waals surface area contributed by atoms with E-state index in [-0.39, 0.29) is 0 Å². The third-order valence-corrected chi connectivity index (χ3v) is 10.6. The van der Waals surface area contributed by atoms with Crippen LogP contribution in [0.4, 0.5) is 0 Å². The van der Waals surface area contributed by atoms with Crippen molar-refractivity contribution in [2.24, 2.45) is 0 Å². The van der Waals surface area contributed by atoms with Crippen LogP contribution >= 0.6 is 6.83 Å². The molecule has 1 heterocycles. The topological polar surface area (TPSA) is 20.2 Å². The summed E-state index contributed by atoms with van der Waals surface area (Å²) in [4.78, 5) is 12.4. The van der Waals surface area contributed by atoms with Gasteiger partial charge in [0.1, 0.15) is 0 Å². The average Bonchev–Trinajstić information content (AvgIpc) is 2.85. The molecule has 0 unspecified atom stereocenters. The van der Waals surface area contributed by atoms with E-state index in [2.05, 4.69) is 55.5 Å². The molecule has 2 heteroatoms. The van der Waals surface area contributed by atoms with E-state index < -0.39 is 6.83 Å². The second-order valence-electron chi connectivity index (χ2n) is 5.94. The molecule has 0 fully saturated rings. The molecule has 0 bridgehead atoms. The fourth-order valence-electron chi connectivity index (χ4n) is 3.92. The van der Waals surface area contributed by atoms with Gasteiger partial charge in [-0.05, 0) is 0 Å². The molecule has 0 aliphatic carbocycles. The Hall–Kier alpha value is -1.95. The zero-order valence-electron chi connectivity index (χ0n) is 12.6. The zero-order chi connectivity index (χ0) is 15.2. The van der Waals surface area contributed by atoms with Gasteiger partial charge in [0.15, 0.2) is 0 Å². The molecular weight excluding hydrogens is 287 g/mol. The van der Waals surface area contributed by atoms with Gasteiger partial charge in [0.2, 0.25) is 0 Å². The van der Waals surface area contributed by atoms with Crippen molar-refractivity contribution in [2.75, 3.05) is 6.16 Å². The van der Waals surface area contributed by atoms with Crippen LogP contribution in [0.1, 0.15) is 6.92 Å². The third-order valence-electron chi connectivity index (χ3n) is 5.06. The quantitative estimate of drug-likeness (QED) is 0.719. The molecule has 22 heavy (non-hydrogen) atoms. The number of hydrogen-bond acceptors (Lipinski definition) is 1. The maximum absolute atomic E-state index is 12.4. The summed E-state index contributed by atoms with van der Waals surface area (Å²) in [6.45, 7) is -1.21. The normalized spacial score (nSPS) is 18.7. The second kappa shape index (κ2) is 4.52. The van der Waals surface area contributed by atoms with Gasteiger partial charge in [0.25, 0.3) is 0 Å². The predicted octanol–water partition coefficient (Wildman–Crippen LogP) is 3.42. The van der Waals surface area contributed by atoms with Crippen molar-refractivity contribution in [2.45, 2.75) is 6.92 Å². The van der Waals surface area contributed by atoms with Crippen molar-refractivity contribution < 1.29 is 4.89 Å². The Morgan fingerprint density at radius 3 is 1.64 bits per heavy atom. The molecule has 0 radical (unpaired) electrons. The molecular formula is C20H19OP. The van der Waals surface area contributed by atoms with E-state index in [1.54, 1.807) is 0 Å². The standard InChI is InChI=1S/C20H19OP/c1-2-22(21,16-10-4-3-5-11-16)19-14-8-6-12-17(19)18-13-7-9-15-20(18)22/h3-15,21H,2H2,1H3. The molecule has 0 saturated heterocycles. The van der Waals surface area contributed by atoms with Crippen LogP contribution in [-0.2, 0) is 0 Å². The van der Waals surface area contributed by atoms with Crippen LogP contribution in [0.15, 0.2) is 78.9 Å². The number of rotatable bonds is 2. The fourth-order valence-corrected chi connectivity index (χ4v) is 8.84. The molecule has 1 aliphatic heterocycles. The Balaban J connectivity index is 2.21. The van der Waals surface area contributed by atoms with Crippen LogP contribution in [0.2, 0.25) is 0 Å². The number of benzene rings is 3. The van der Waals surface area contributed by atoms with E-state index in [0.717, 1.165) is 22.1 Å². The Bertz CT molecular complexity index is 809. The zero-order valence-corrected chi connectivity index (χ0v) is 13.5. The molecule has 0 saturated carbocycles. The first-order valence-corrected chi connectivity index (χ1v) is 10.1. The summed E-state index contributed by atoms with van der Waals surface area (Å²) >= 11 is 0. The van der Waals surface area contributed by atoms with Gasteiger partial charge in [-0.1, -0.05) is 0 Å². The number of hydrogen-bond donors (Lipinski definition) is 1. The van der Waals surface area contributed by atoms with Gasteiger partial charge >= 0.3 is 131 Å². The van der Waals surface area contributed by atoms with Crippen LogP contribution in [0, 0.1) is 0 Å². The van der Waals surface area contributed by atoms with Gasteiger partial charge in [-0.15, -0.1) is 0 Å². The van der Waals surface area contributed by atoms with Crippen LogP contribution in [-0.4, -0.2) is 11.1 Å². The number of fused-ring (bicyclic) bond motifs is 3. The van der Waals surface area contributed by atoms with Crippen LogP contribution < -0.4 is 15.9 Å². The van der Waals surface area contributed by atoms with Gasteiger partial charge in [-0.2, -0.15) is 0 Å². The van der Waals surface area contributed by atoms with Gasteiger partial charge in [0, 0.05) is 0 Å². The van der Waals surface area contributed by atoms with Crippen molar-refractivity contribution in [3.05, 3.63) is 78.9 Å². The maximum atomic E-state index is 12.4. The molecule has 1 nitrogen and oxygen atoms in total. The third kappa shape index (κ3) is 1.46. The Morgan fingerprint density at radius 2 is 1.14 bits per heavy atom. The molecule has 0 atom stereocenters. The minimum absolute atomic E-state index is 0.726. The van der Waals surface area contributed by atoms with E-state index in [1.807, 2.05) is 30.3 Å². The molecule has 1 aliphatic rings. The van der Waals surface area contributed by atoms with E-state index in [0.29, 0.717) is 0 Å². The monoisotopic (exact) mass is 306 g/mol. The summed E-state index contributed by atoms with van der Waals surface area (Å²) in [6, 6.07) is 26.9. The summed E-state index contributed by atoms with van der Waals surface area (Å²) < 4.78 is 0. The molecule has 1 N–H and O–H groups in total. The van der Waals surface area contributed by atoms with Gasteiger partial charge < -0.3 is 0 Å². The fraction of sp³-hybridized carbons (Fsp3) is 0.100. The van der Waals surface area contributed by atoms with E-state index in [9.17, 15) is 4.89 Å². The van der Waals surface area contributed by atoms with E-state index in [4.69, 9.17) is 0 Å². The first-order chi connectivity index (χ1) is 10.7. The van der Waals surface area contributed by atoms with Crippen LogP contribution in [0.5, 0.6) is 0 Å². The Morgan fingerprint density at radius 1 is 0.682 bits per heavy atom. The van der Waals surface area contributed by atoms with Crippen LogP contribution in [0.3, 0.4) is 0 Å². The van der Waals surface area contributed by atoms with Crippen LogP contribution in [0.25, 0.3) is 11.1 Å². The Kier molecular flexibility index (Phi) is 2.81. The van der Waals surface area contributed by atoms with Gasteiger partial charge in [-0.25, -0.2) is 0 Å². The summed E-state index contributed by atoms with van der Waals surface area (Å²) in [5, 5.41) is 3.29. The van der Waals surface area contributed by atoms with Crippen molar-refractivity contribution in [3.63, 3.8) is 0 Å². The summed E-state index contributed by atoms with van der Waals surface area (Å²) in [5.41, 5.74) is 2.37. The van der Waals surface area contributed by atoms with E-state index >= 15 is 0 Å². The molecule has 0 spiro atoms. The van der Waals surface area contributed by atoms with Gasteiger partial charge in [-0.3, -0.25) is 0 Å². The first kappa shape index (κ1) is 13.7. The first-order valence-electron chi connectivity index (χ1n) is 7.71.